The van der Waals surface area contributed by atoms with E-state index >= 15 is 0 Å². The summed E-state index contributed by atoms with van der Waals surface area (Å²) in [6, 6.07) is 11.3. The predicted octanol–water partition coefficient (Wildman–Crippen LogP) is 4.67. The van der Waals surface area contributed by atoms with Crippen molar-refractivity contribution in [2.24, 2.45) is 0 Å². The molecule has 0 radical (unpaired) electrons. The third-order valence-corrected chi connectivity index (χ3v) is 4.28. The van der Waals surface area contributed by atoms with Crippen LogP contribution in [-0.4, -0.2) is 18.1 Å². The molecule has 1 aromatic heterocycles. The molecule has 0 aliphatic carbocycles. The van der Waals surface area contributed by atoms with Crippen molar-refractivity contribution in [1.29, 1.82) is 0 Å². The molecule has 0 spiro atoms. The minimum Gasteiger partial charge on any atom is -0.484 e. The first-order chi connectivity index (χ1) is 12.5. The molecule has 2 amide bonds. The van der Waals surface area contributed by atoms with Crippen LogP contribution in [0.3, 0.4) is 0 Å². The summed E-state index contributed by atoms with van der Waals surface area (Å²) >= 11 is 1.22. The topological polar surface area (TPSA) is 54.5 Å². The Morgan fingerprint density at radius 2 is 2.04 bits per heavy atom. The summed E-state index contributed by atoms with van der Waals surface area (Å²) in [4.78, 5) is 17.7. The van der Waals surface area contributed by atoms with Gasteiger partial charge in [-0.1, -0.05) is 18.2 Å². The van der Waals surface area contributed by atoms with Gasteiger partial charge >= 0.3 is 6.03 Å². The SMILES string of the molecule is CN(C(=O)Nc1nc(COc2ccccc2F)cs1)c1cccc(F)c1. The number of aromatic nitrogens is 1. The molecule has 5 nitrogen and oxygen atoms in total. The molecule has 0 fully saturated rings. The molecule has 0 saturated carbocycles. The van der Waals surface area contributed by atoms with Gasteiger partial charge in [0.15, 0.2) is 16.7 Å². The van der Waals surface area contributed by atoms with Crippen molar-refractivity contribution in [3.05, 3.63) is 71.2 Å². The molecule has 134 valence electrons. The molecule has 3 rings (SSSR count). The van der Waals surface area contributed by atoms with E-state index in [1.54, 1.807) is 23.6 Å². The summed E-state index contributed by atoms with van der Waals surface area (Å²) in [6.07, 6.45) is 0. The number of benzene rings is 2. The minimum absolute atomic E-state index is 0.0764. The molecule has 0 atom stereocenters. The highest BCUT2D eigenvalue weighted by Crippen LogP contribution is 2.21. The summed E-state index contributed by atoms with van der Waals surface area (Å²) in [5, 5.41) is 4.70. The lowest BCUT2D eigenvalue weighted by Gasteiger charge is -2.17. The smallest absolute Gasteiger partial charge is 0.327 e. The van der Waals surface area contributed by atoms with Gasteiger partial charge in [-0.15, -0.1) is 11.3 Å². The van der Waals surface area contributed by atoms with Crippen molar-refractivity contribution in [3.8, 4) is 5.75 Å². The van der Waals surface area contributed by atoms with Crippen LogP contribution in [0.15, 0.2) is 53.9 Å². The Balaban J connectivity index is 1.59. The normalized spacial score (nSPS) is 10.4. The summed E-state index contributed by atoms with van der Waals surface area (Å²) in [5.74, 6) is -0.742. The number of nitrogens with zero attached hydrogens (tertiary/aromatic N) is 2. The van der Waals surface area contributed by atoms with Gasteiger partial charge in [0, 0.05) is 18.1 Å². The number of rotatable bonds is 5. The molecule has 0 aliphatic heterocycles. The quantitative estimate of drug-likeness (QED) is 0.705. The second-order valence-electron chi connectivity index (χ2n) is 5.33. The average Bonchev–Trinajstić information content (AvgIpc) is 3.07. The lowest BCUT2D eigenvalue weighted by Crippen LogP contribution is -2.31. The number of amides is 2. The second kappa shape index (κ2) is 7.92. The van der Waals surface area contributed by atoms with E-state index in [-0.39, 0.29) is 12.4 Å². The highest BCUT2D eigenvalue weighted by atomic mass is 32.1. The maximum Gasteiger partial charge on any atom is 0.327 e. The zero-order valence-electron chi connectivity index (χ0n) is 13.8. The predicted molar refractivity (Wildman–Crippen MR) is 96.7 cm³/mol. The highest BCUT2D eigenvalue weighted by molar-refractivity contribution is 7.13. The van der Waals surface area contributed by atoms with Crippen molar-refractivity contribution in [3.63, 3.8) is 0 Å². The molecule has 0 aliphatic rings. The van der Waals surface area contributed by atoms with E-state index in [4.69, 9.17) is 4.74 Å². The summed E-state index contributed by atoms with van der Waals surface area (Å²) < 4.78 is 32.2. The number of hydrogen-bond donors (Lipinski definition) is 1. The van der Waals surface area contributed by atoms with Crippen LogP contribution in [0.2, 0.25) is 0 Å². The molecule has 0 bridgehead atoms. The van der Waals surface area contributed by atoms with E-state index < -0.39 is 17.7 Å². The first-order valence-corrected chi connectivity index (χ1v) is 8.53. The Morgan fingerprint density at radius 1 is 1.23 bits per heavy atom. The Kier molecular flexibility index (Phi) is 5.43. The number of hydrogen-bond acceptors (Lipinski definition) is 4. The van der Waals surface area contributed by atoms with Crippen LogP contribution in [0.1, 0.15) is 5.69 Å². The van der Waals surface area contributed by atoms with E-state index in [9.17, 15) is 13.6 Å². The number of carbonyl (C=O) groups is 1. The van der Waals surface area contributed by atoms with E-state index in [2.05, 4.69) is 10.3 Å². The van der Waals surface area contributed by atoms with Gasteiger partial charge in [-0.2, -0.15) is 0 Å². The molecule has 2 aromatic carbocycles. The lowest BCUT2D eigenvalue weighted by molar-refractivity contribution is 0.258. The fourth-order valence-corrected chi connectivity index (χ4v) is 2.81. The maximum absolute atomic E-state index is 13.5. The fourth-order valence-electron chi connectivity index (χ4n) is 2.12. The standard InChI is InChI=1S/C18H15F2N3O2S/c1-23(14-6-4-5-12(19)9-14)18(24)22-17-21-13(11-26-17)10-25-16-8-3-2-7-15(16)20/h2-9,11H,10H2,1H3,(H,21,22,24). The van der Waals surface area contributed by atoms with Crippen LogP contribution in [-0.2, 0) is 6.61 Å². The summed E-state index contributed by atoms with van der Waals surface area (Å²) in [6.45, 7) is 0.0764. The number of nitrogens with one attached hydrogen (secondary N) is 1. The first kappa shape index (κ1) is 17.8. The molecular weight excluding hydrogens is 360 g/mol. The van der Waals surface area contributed by atoms with Crippen LogP contribution in [0, 0.1) is 11.6 Å². The van der Waals surface area contributed by atoms with Gasteiger partial charge < -0.3 is 4.74 Å². The van der Waals surface area contributed by atoms with Crippen molar-refractivity contribution in [2.45, 2.75) is 6.61 Å². The van der Waals surface area contributed by atoms with Gasteiger partial charge in [0.25, 0.3) is 0 Å². The molecule has 0 unspecified atom stereocenters. The summed E-state index contributed by atoms with van der Waals surface area (Å²) in [5.41, 5.74) is 0.976. The first-order valence-electron chi connectivity index (χ1n) is 7.65. The molecule has 1 heterocycles. The minimum atomic E-state index is -0.452. The van der Waals surface area contributed by atoms with Gasteiger partial charge in [-0.05, 0) is 30.3 Å². The number of thiazole rings is 1. The number of halogens is 2. The zero-order valence-corrected chi connectivity index (χ0v) is 14.6. The number of ether oxygens (including phenoxy) is 1. The molecule has 8 heteroatoms. The lowest BCUT2D eigenvalue weighted by atomic mass is 10.3. The zero-order chi connectivity index (χ0) is 18.5. The molecule has 1 N–H and O–H groups in total. The molecular formula is C18H15F2N3O2S. The van der Waals surface area contributed by atoms with Crippen LogP contribution < -0.4 is 15.0 Å². The Morgan fingerprint density at radius 3 is 2.81 bits per heavy atom. The largest absolute Gasteiger partial charge is 0.484 e. The maximum atomic E-state index is 13.5. The van der Waals surface area contributed by atoms with Gasteiger partial charge in [0.1, 0.15) is 12.4 Å². The summed E-state index contributed by atoms with van der Waals surface area (Å²) in [7, 11) is 1.53. The number of para-hydroxylation sites is 1. The number of urea groups is 1. The van der Waals surface area contributed by atoms with Crippen LogP contribution >= 0.6 is 11.3 Å². The van der Waals surface area contributed by atoms with Crippen molar-refractivity contribution >= 4 is 28.2 Å². The van der Waals surface area contributed by atoms with Gasteiger partial charge in [-0.3, -0.25) is 10.2 Å². The van der Waals surface area contributed by atoms with Crippen molar-refractivity contribution in [2.75, 3.05) is 17.3 Å². The number of carbonyl (C=O) groups excluding carboxylic acids is 1. The van der Waals surface area contributed by atoms with E-state index in [1.807, 2.05) is 0 Å². The van der Waals surface area contributed by atoms with E-state index in [0.29, 0.717) is 16.5 Å². The van der Waals surface area contributed by atoms with E-state index in [1.165, 1.54) is 53.6 Å². The van der Waals surface area contributed by atoms with E-state index in [0.717, 1.165) is 0 Å². The monoisotopic (exact) mass is 375 g/mol. The second-order valence-corrected chi connectivity index (χ2v) is 6.19. The molecule has 3 aromatic rings. The highest BCUT2D eigenvalue weighted by Gasteiger charge is 2.14. The van der Waals surface area contributed by atoms with Crippen molar-refractivity contribution in [1.82, 2.24) is 4.98 Å². The van der Waals surface area contributed by atoms with Crippen LogP contribution in [0.5, 0.6) is 5.75 Å². The van der Waals surface area contributed by atoms with Crippen LogP contribution in [0.25, 0.3) is 0 Å². The molecule has 0 saturated heterocycles. The Labute approximate surface area is 152 Å². The van der Waals surface area contributed by atoms with Crippen LogP contribution in [0.4, 0.5) is 24.4 Å². The van der Waals surface area contributed by atoms with Gasteiger partial charge in [0.05, 0.1) is 5.69 Å². The van der Waals surface area contributed by atoms with Crippen molar-refractivity contribution < 1.29 is 18.3 Å². The Hall–Kier alpha value is -3.00. The molecule has 26 heavy (non-hydrogen) atoms. The third kappa shape index (κ3) is 4.34. The average molecular weight is 375 g/mol. The fraction of sp³-hybridized carbons (Fsp3) is 0.111. The number of anilines is 2. The van der Waals surface area contributed by atoms with Gasteiger partial charge in [0.2, 0.25) is 0 Å². The Bertz CT molecular complexity index is 917. The van der Waals surface area contributed by atoms with Gasteiger partial charge in [-0.25, -0.2) is 18.6 Å². The third-order valence-electron chi connectivity index (χ3n) is 3.48.